The molecule has 0 N–H and O–H groups in total. The summed E-state index contributed by atoms with van der Waals surface area (Å²) in [5.41, 5.74) is -1.92. The first-order chi connectivity index (χ1) is 21.8. The maximum Gasteiger partial charge on any atom is 0.432 e. The van der Waals surface area contributed by atoms with E-state index < -0.39 is 75.1 Å². The number of rotatable bonds is 9. The van der Waals surface area contributed by atoms with Gasteiger partial charge in [0.2, 0.25) is 0 Å². The fourth-order valence-electron chi connectivity index (χ4n) is 4.96. The Labute approximate surface area is 256 Å². The van der Waals surface area contributed by atoms with E-state index in [0.29, 0.717) is 5.56 Å². The van der Waals surface area contributed by atoms with Crippen LogP contribution in [0.5, 0.6) is 5.75 Å². The van der Waals surface area contributed by atoms with Crippen LogP contribution in [0.3, 0.4) is 0 Å². The Hall–Kier alpha value is -4.80. The van der Waals surface area contributed by atoms with Crippen molar-refractivity contribution in [1.29, 1.82) is 0 Å². The van der Waals surface area contributed by atoms with Crippen LogP contribution in [-0.4, -0.2) is 0 Å². The zero-order chi connectivity index (χ0) is 33.3. The summed E-state index contributed by atoms with van der Waals surface area (Å²) < 4.78 is 149. The minimum atomic E-state index is -4.90. The van der Waals surface area contributed by atoms with Gasteiger partial charge in [-0.05, 0) is 71.0 Å². The molecule has 1 nitrogen and oxygen atoms in total. The van der Waals surface area contributed by atoms with E-state index in [0.717, 1.165) is 42.5 Å². The molecule has 0 heterocycles. The van der Waals surface area contributed by atoms with Crippen molar-refractivity contribution in [3.63, 3.8) is 0 Å². The van der Waals surface area contributed by atoms with E-state index in [9.17, 15) is 30.7 Å². The predicted molar refractivity (Wildman–Crippen MR) is 152 cm³/mol. The third kappa shape index (κ3) is 6.59. The number of alkyl halides is 2. The Balaban J connectivity index is 1.43. The molecule has 0 spiro atoms. The first-order valence-electron chi connectivity index (χ1n) is 13.9. The average molecular weight is 649 g/mol. The number of aryl methyl sites for hydroxylation is 1. The molecule has 0 saturated heterocycles. The molecule has 5 aromatic rings. The highest BCUT2D eigenvalue weighted by Crippen LogP contribution is 2.39. The number of hydrogen-bond acceptors (Lipinski definition) is 1. The van der Waals surface area contributed by atoms with Crippen molar-refractivity contribution >= 4 is 0 Å². The van der Waals surface area contributed by atoms with Crippen molar-refractivity contribution in [3.8, 4) is 39.1 Å². The lowest BCUT2D eigenvalue weighted by Gasteiger charge is -2.20. The maximum absolute atomic E-state index is 15.2. The molecule has 5 aromatic carbocycles. The van der Waals surface area contributed by atoms with Crippen LogP contribution in [0.4, 0.5) is 43.9 Å². The van der Waals surface area contributed by atoms with Gasteiger partial charge in [0.05, 0.1) is 5.56 Å². The van der Waals surface area contributed by atoms with Crippen molar-refractivity contribution < 1.29 is 48.6 Å². The molecule has 238 valence electrons. The Morgan fingerprint density at radius 3 is 1.61 bits per heavy atom. The van der Waals surface area contributed by atoms with E-state index in [4.69, 9.17) is 0 Å². The van der Waals surface area contributed by atoms with Crippen LogP contribution in [0.15, 0.2) is 78.9 Å². The molecule has 0 saturated carbocycles. The molecule has 0 aliphatic rings. The van der Waals surface area contributed by atoms with Crippen LogP contribution >= 0.6 is 0 Å². The second kappa shape index (κ2) is 12.9. The Morgan fingerprint density at radius 1 is 0.543 bits per heavy atom. The van der Waals surface area contributed by atoms with Gasteiger partial charge >= 0.3 is 6.11 Å². The van der Waals surface area contributed by atoms with Crippen LogP contribution in [-0.2, 0) is 12.5 Å². The molecule has 0 atom stereocenters. The predicted octanol–water partition coefficient (Wildman–Crippen LogP) is 11.3. The SMILES string of the molecule is CCCCc1ccc(-c2ccc(-c3cc(F)c(-c4cc(F)c(C(F)(F)Oc5cc(F)c(F)c(F)c5)c(F)c4)c(F)c3)c(F)c2)cc1. The van der Waals surface area contributed by atoms with Crippen LogP contribution < -0.4 is 4.74 Å². The highest BCUT2D eigenvalue weighted by Gasteiger charge is 2.42. The average Bonchev–Trinajstić information content (AvgIpc) is 2.98. The molecule has 5 rings (SSSR count). The summed E-state index contributed by atoms with van der Waals surface area (Å²) in [5.74, 6) is -14.7. The van der Waals surface area contributed by atoms with Crippen molar-refractivity contribution in [3.05, 3.63) is 137 Å². The van der Waals surface area contributed by atoms with Gasteiger partial charge < -0.3 is 4.74 Å². The third-order valence-corrected chi connectivity index (χ3v) is 7.25. The minimum Gasteiger partial charge on any atom is -0.429 e. The van der Waals surface area contributed by atoms with Crippen molar-refractivity contribution in [2.75, 3.05) is 0 Å². The summed E-state index contributed by atoms with van der Waals surface area (Å²) in [5, 5.41) is 0. The zero-order valence-corrected chi connectivity index (χ0v) is 23.8. The molecule has 0 aliphatic carbocycles. The highest BCUT2D eigenvalue weighted by molar-refractivity contribution is 5.75. The Bertz CT molecular complexity index is 1850. The van der Waals surface area contributed by atoms with E-state index in [1.807, 2.05) is 24.3 Å². The maximum atomic E-state index is 15.2. The van der Waals surface area contributed by atoms with E-state index in [1.54, 1.807) is 6.07 Å². The summed E-state index contributed by atoms with van der Waals surface area (Å²) in [4.78, 5) is 0. The second-order valence-electron chi connectivity index (χ2n) is 10.4. The molecule has 46 heavy (non-hydrogen) atoms. The lowest BCUT2D eigenvalue weighted by molar-refractivity contribution is -0.189. The van der Waals surface area contributed by atoms with Gasteiger partial charge in [0.1, 0.15) is 40.4 Å². The van der Waals surface area contributed by atoms with Crippen LogP contribution in [0.25, 0.3) is 33.4 Å². The van der Waals surface area contributed by atoms with Gasteiger partial charge in [0.15, 0.2) is 17.5 Å². The second-order valence-corrected chi connectivity index (χ2v) is 10.4. The smallest absolute Gasteiger partial charge is 0.429 e. The van der Waals surface area contributed by atoms with E-state index in [2.05, 4.69) is 11.7 Å². The molecule has 0 unspecified atom stereocenters. The first kappa shape index (κ1) is 32.6. The number of halogens is 10. The number of hydrogen-bond donors (Lipinski definition) is 0. The van der Waals surface area contributed by atoms with Crippen LogP contribution in [0.2, 0.25) is 0 Å². The summed E-state index contributed by atoms with van der Waals surface area (Å²) in [6.07, 6.45) is -1.92. The molecule has 0 aliphatic heterocycles. The van der Waals surface area contributed by atoms with Gasteiger partial charge in [-0.1, -0.05) is 49.7 Å². The largest absolute Gasteiger partial charge is 0.432 e. The molecule has 0 radical (unpaired) electrons. The summed E-state index contributed by atoms with van der Waals surface area (Å²) in [7, 11) is 0. The van der Waals surface area contributed by atoms with E-state index in [1.165, 1.54) is 12.1 Å². The van der Waals surface area contributed by atoms with Gasteiger partial charge in [-0.15, -0.1) is 0 Å². The van der Waals surface area contributed by atoms with Gasteiger partial charge in [0, 0.05) is 17.7 Å². The van der Waals surface area contributed by atoms with Crippen LogP contribution in [0.1, 0.15) is 30.9 Å². The first-order valence-corrected chi connectivity index (χ1v) is 13.9. The van der Waals surface area contributed by atoms with Crippen molar-refractivity contribution in [2.45, 2.75) is 32.3 Å². The Morgan fingerprint density at radius 2 is 1.07 bits per heavy atom. The highest BCUT2D eigenvalue weighted by atomic mass is 19.3. The summed E-state index contributed by atoms with van der Waals surface area (Å²) >= 11 is 0. The fourth-order valence-corrected chi connectivity index (χ4v) is 4.96. The topological polar surface area (TPSA) is 9.23 Å². The third-order valence-electron chi connectivity index (χ3n) is 7.25. The summed E-state index contributed by atoms with van der Waals surface area (Å²) in [6, 6.07) is 13.5. The molecule has 0 bridgehead atoms. The van der Waals surface area contributed by atoms with Gasteiger partial charge in [-0.2, -0.15) is 8.78 Å². The fraction of sp³-hybridized carbons (Fsp3) is 0.143. The molecular formula is C35H22F10O. The lowest BCUT2D eigenvalue weighted by atomic mass is 9.95. The standard InChI is InChI=1S/C35H22F10O/c1-2-3-4-18-5-7-19(8-6-18)20-9-10-24(25(36)11-20)21-12-26(37)32(27(38)13-21)22-14-28(39)33(29(40)15-22)35(44,45)46-23-16-30(41)34(43)31(42)17-23/h5-17H,2-4H2,1H3. The van der Waals surface area contributed by atoms with E-state index >= 15 is 13.2 Å². The van der Waals surface area contributed by atoms with Gasteiger partial charge in [0.25, 0.3) is 0 Å². The molecule has 0 aromatic heterocycles. The minimum absolute atomic E-state index is 0.0326. The van der Waals surface area contributed by atoms with Gasteiger partial charge in [-0.25, -0.2) is 35.1 Å². The van der Waals surface area contributed by atoms with Gasteiger partial charge in [-0.3, -0.25) is 0 Å². The zero-order valence-electron chi connectivity index (χ0n) is 23.8. The Kier molecular flexibility index (Phi) is 9.14. The number of benzene rings is 5. The lowest BCUT2D eigenvalue weighted by Crippen LogP contribution is -2.25. The molecule has 0 fully saturated rings. The monoisotopic (exact) mass is 648 g/mol. The van der Waals surface area contributed by atoms with E-state index in [-0.39, 0.29) is 35.4 Å². The molecular weight excluding hydrogens is 626 g/mol. The molecule has 11 heteroatoms. The summed E-state index contributed by atoms with van der Waals surface area (Å²) in [6.45, 7) is 2.08. The number of unbranched alkanes of at least 4 members (excludes halogenated alkanes) is 1. The van der Waals surface area contributed by atoms with Crippen molar-refractivity contribution in [2.24, 2.45) is 0 Å². The molecule has 0 amide bonds. The van der Waals surface area contributed by atoms with Crippen LogP contribution in [0, 0.1) is 46.5 Å². The number of ether oxygens (including phenoxy) is 1. The normalized spacial score (nSPS) is 11.6. The quantitative estimate of drug-likeness (QED) is 0.114. The van der Waals surface area contributed by atoms with Crippen molar-refractivity contribution in [1.82, 2.24) is 0 Å².